The molecule has 0 amide bonds. The molecule has 1 rings (SSSR count). The third kappa shape index (κ3) is 1.58. The molecule has 0 heterocycles. The predicted octanol–water partition coefficient (Wildman–Crippen LogP) is 1.93. The molecule has 0 aliphatic heterocycles. The molecular weight excluding hydrogens is 167 g/mol. The lowest BCUT2D eigenvalue weighted by Gasteiger charge is -2.07. The van der Waals surface area contributed by atoms with Crippen LogP contribution in [0.4, 0.5) is 13.2 Å². The molecule has 0 aliphatic carbocycles. The molecule has 0 saturated carbocycles. The van der Waals surface area contributed by atoms with Crippen LogP contribution in [0.2, 0.25) is 0 Å². The van der Waals surface area contributed by atoms with Gasteiger partial charge in [0.1, 0.15) is 17.8 Å². The summed E-state index contributed by atoms with van der Waals surface area (Å²) in [5.41, 5.74) is 4.35. The highest BCUT2D eigenvalue weighted by atomic mass is 19.2. The lowest BCUT2D eigenvalue weighted by molar-refractivity contribution is 0.328. The molecule has 66 valence electrons. The zero-order chi connectivity index (χ0) is 9.14. The molecule has 4 heteroatoms. The molecule has 0 aromatic heterocycles. The van der Waals surface area contributed by atoms with Crippen molar-refractivity contribution in [2.45, 2.75) is 6.17 Å². The zero-order valence-electron chi connectivity index (χ0n) is 6.23. The first kappa shape index (κ1) is 9.06. The highest BCUT2D eigenvalue weighted by Crippen LogP contribution is 2.22. The predicted molar refractivity (Wildman–Crippen MR) is 39.3 cm³/mol. The maximum Gasteiger partial charge on any atom is 0.143 e. The Bertz CT molecular complexity index is 255. The SMILES string of the molecule is NCC(F)c1c(F)cccc1F. The van der Waals surface area contributed by atoms with Gasteiger partial charge in [0.25, 0.3) is 0 Å². The summed E-state index contributed by atoms with van der Waals surface area (Å²) in [5, 5.41) is 0. The first-order valence-corrected chi connectivity index (χ1v) is 3.45. The Balaban J connectivity index is 3.12. The summed E-state index contributed by atoms with van der Waals surface area (Å²) in [4.78, 5) is 0. The minimum Gasteiger partial charge on any atom is -0.327 e. The average Bonchev–Trinajstić information content (AvgIpc) is 2.03. The normalized spacial score (nSPS) is 13.0. The summed E-state index contributed by atoms with van der Waals surface area (Å²) in [5.74, 6) is -1.79. The maximum absolute atomic E-state index is 12.8. The van der Waals surface area contributed by atoms with Crippen LogP contribution in [0.15, 0.2) is 18.2 Å². The molecule has 2 N–H and O–H groups in total. The summed E-state index contributed by atoms with van der Waals surface area (Å²) >= 11 is 0. The largest absolute Gasteiger partial charge is 0.327 e. The fourth-order valence-electron chi connectivity index (χ4n) is 0.928. The zero-order valence-corrected chi connectivity index (χ0v) is 6.23. The van der Waals surface area contributed by atoms with Crippen molar-refractivity contribution < 1.29 is 13.2 Å². The van der Waals surface area contributed by atoms with Gasteiger partial charge in [-0.1, -0.05) is 6.07 Å². The summed E-state index contributed by atoms with van der Waals surface area (Å²) in [7, 11) is 0. The van der Waals surface area contributed by atoms with E-state index < -0.39 is 29.9 Å². The Kier molecular flexibility index (Phi) is 2.70. The van der Waals surface area contributed by atoms with Gasteiger partial charge in [0, 0.05) is 6.54 Å². The van der Waals surface area contributed by atoms with Gasteiger partial charge in [0.2, 0.25) is 0 Å². The second-order valence-corrected chi connectivity index (χ2v) is 2.34. The van der Waals surface area contributed by atoms with Crippen LogP contribution in [0.5, 0.6) is 0 Å². The van der Waals surface area contributed by atoms with Crippen LogP contribution in [0.25, 0.3) is 0 Å². The summed E-state index contributed by atoms with van der Waals surface area (Å²) < 4.78 is 38.3. The van der Waals surface area contributed by atoms with Gasteiger partial charge in [-0.25, -0.2) is 13.2 Å². The number of nitrogens with two attached hydrogens (primary N) is 1. The Morgan fingerprint density at radius 2 is 1.75 bits per heavy atom. The number of halogens is 3. The van der Waals surface area contributed by atoms with Gasteiger partial charge in [0.05, 0.1) is 5.56 Å². The van der Waals surface area contributed by atoms with Crippen LogP contribution in [-0.4, -0.2) is 6.54 Å². The molecule has 1 aromatic rings. The summed E-state index contributed by atoms with van der Waals surface area (Å²) in [6.07, 6.45) is -1.77. The van der Waals surface area contributed by atoms with E-state index in [0.29, 0.717) is 0 Å². The van der Waals surface area contributed by atoms with E-state index in [1.165, 1.54) is 6.07 Å². The maximum atomic E-state index is 12.8. The van der Waals surface area contributed by atoms with Gasteiger partial charge < -0.3 is 5.73 Å². The van der Waals surface area contributed by atoms with Crippen molar-refractivity contribution in [3.63, 3.8) is 0 Å². The molecule has 12 heavy (non-hydrogen) atoms. The molecule has 0 bridgehead atoms. The Morgan fingerprint density at radius 1 is 1.25 bits per heavy atom. The third-order valence-corrected chi connectivity index (χ3v) is 1.52. The van der Waals surface area contributed by atoms with Crippen molar-refractivity contribution in [2.75, 3.05) is 6.54 Å². The van der Waals surface area contributed by atoms with E-state index in [-0.39, 0.29) is 0 Å². The van der Waals surface area contributed by atoms with Crippen LogP contribution in [-0.2, 0) is 0 Å². The Morgan fingerprint density at radius 3 is 2.17 bits per heavy atom. The van der Waals surface area contributed by atoms with E-state index in [1.54, 1.807) is 0 Å². The van der Waals surface area contributed by atoms with Gasteiger partial charge in [-0.15, -0.1) is 0 Å². The molecule has 1 aromatic carbocycles. The van der Waals surface area contributed by atoms with Crippen LogP contribution in [0.1, 0.15) is 11.7 Å². The number of alkyl halides is 1. The van der Waals surface area contributed by atoms with Crippen molar-refractivity contribution in [2.24, 2.45) is 5.73 Å². The van der Waals surface area contributed by atoms with Crippen LogP contribution in [0.3, 0.4) is 0 Å². The molecule has 1 atom stereocenters. The standard InChI is InChI=1S/C8H8F3N/c9-5-2-1-3-6(10)8(5)7(11)4-12/h1-3,7H,4,12H2. The minimum atomic E-state index is -1.77. The van der Waals surface area contributed by atoms with E-state index in [0.717, 1.165) is 12.1 Å². The molecule has 0 radical (unpaired) electrons. The molecule has 0 aliphatic rings. The monoisotopic (exact) mass is 175 g/mol. The molecule has 0 spiro atoms. The Labute approximate surface area is 68.0 Å². The van der Waals surface area contributed by atoms with Crippen LogP contribution < -0.4 is 5.73 Å². The topological polar surface area (TPSA) is 26.0 Å². The van der Waals surface area contributed by atoms with Crippen molar-refractivity contribution >= 4 is 0 Å². The molecule has 0 saturated heterocycles. The van der Waals surface area contributed by atoms with E-state index in [1.807, 2.05) is 0 Å². The first-order chi connectivity index (χ1) is 5.66. The highest BCUT2D eigenvalue weighted by Gasteiger charge is 2.17. The average molecular weight is 175 g/mol. The third-order valence-electron chi connectivity index (χ3n) is 1.52. The van der Waals surface area contributed by atoms with Crippen molar-refractivity contribution in [1.29, 1.82) is 0 Å². The minimum absolute atomic E-state index is 0.419. The van der Waals surface area contributed by atoms with Crippen LogP contribution >= 0.6 is 0 Å². The number of hydrogen-bond donors (Lipinski definition) is 1. The lowest BCUT2D eigenvalue weighted by Crippen LogP contribution is -2.11. The molecule has 1 unspecified atom stereocenters. The fraction of sp³-hybridized carbons (Fsp3) is 0.250. The second-order valence-electron chi connectivity index (χ2n) is 2.34. The van der Waals surface area contributed by atoms with Gasteiger partial charge >= 0.3 is 0 Å². The van der Waals surface area contributed by atoms with Gasteiger partial charge in [0.15, 0.2) is 0 Å². The molecule has 0 fully saturated rings. The van der Waals surface area contributed by atoms with Gasteiger partial charge in [-0.2, -0.15) is 0 Å². The number of hydrogen-bond acceptors (Lipinski definition) is 1. The van der Waals surface area contributed by atoms with E-state index in [4.69, 9.17) is 5.73 Å². The van der Waals surface area contributed by atoms with E-state index in [2.05, 4.69) is 0 Å². The second kappa shape index (κ2) is 3.58. The number of rotatable bonds is 2. The lowest BCUT2D eigenvalue weighted by atomic mass is 10.1. The molecule has 1 nitrogen and oxygen atoms in total. The quantitative estimate of drug-likeness (QED) is 0.730. The van der Waals surface area contributed by atoms with Crippen molar-refractivity contribution in [3.05, 3.63) is 35.4 Å². The smallest absolute Gasteiger partial charge is 0.143 e. The number of benzene rings is 1. The summed E-state index contributed by atoms with van der Waals surface area (Å²) in [6.45, 7) is -0.419. The van der Waals surface area contributed by atoms with Gasteiger partial charge in [-0.3, -0.25) is 0 Å². The molecular formula is C8H8F3N. The van der Waals surface area contributed by atoms with E-state index >= 15 is 0 Å². The summed E-state index contributed by atoms with van der Waals surface area (Å²) in [6, 6.07) is 3.18. The highest BCUT2D eigenvalue weighted by molar-refractivity contribution is 5.22. The van der Waals surface area contributed by atoms with Crippen LogP contribution in [0, 0.1) is 11.6 Å². The van der Waals surface area contributed by atoms with E-state index in [9.17, 15) is 13.2 Å². The first-order valence-electron chi connectivity index (χ1n) is 3.45. The van der Waals surface area contributed by atoms with Gasteiger partial charge in [-0.05, 0) is 12.1 Å². The fourth-order valence-corrected chi connectivity index (χ4v) is 0.928. The Hall–Kier alpha value is -1.03. The van der Waals surface area contributed by atoms with Crippen molar-refractivity contribution in [3.8, 4) is 0 Å². The van der Waals surface area contributed by atoms with Crippen molar-refractivity contribution in [1.82, 2.24) is 0 Å².